The Morgan fingerprint density at radius 1 is 1.05 bits per heavy atom. The maximum absolute atomic E-state index is 12.0. The summed E-state index contributed by atoms with van der Waals surface area (Å²) < 4.78 is 1.61. The van der Waals surface area contributed by atoms with Crippen LogP contribution in [0.25, 0.3) is 16.6 Å². The fraction of sp³-hybridized carbons (Fsp3) is 0.0588. The predicted octanol–water partition coefficient (Wildman–Crippen LogP) is 2.17. The second kappa shape index (κ2) is 4.90. The molecule has 0 aliphatic heterocycles. The van der Waals surface area contributed by atoms with Gasteiger partial charge in [0.15, 0.2) is 5.78 Å². The molecule has 3 rings (SSSR count). The van der Waals surface area contributed by atoms with Crippen LogP contribution in [-0.4, -0.2) is 16.2 Å². The van der Waals surface area contributed by atoms with Crippen LogP contribution in [0, 0.1) is 0 Å². The van der Waals surface area contributed by atoms with Crippen molar-refractivity contribution in [3.05, 3.63) is 66.0 Å². The van der Waals surface area contributed by atoms with Crippen molar-refractivity contribution < 1.29 is 14.7 Å². The summed E-state index contributed by atoms with van der Waals surface area (Å²) in [5, 5.41) is 11.0. The van der Waals surface area contributed by atoms with Crippen LogP contribution in [0.4, 0.5) is 0 Å². The number of Topliss-reactive ketones (excluding diaryl/α,β-unsaturated/α-hetero) is 1. The molecule has 0 atom stereocenters. The van der Waals surface area contributed by atoms with E-state index in [1.807, 2.05) is 36.4 Å². The van der Waals surface area contributed by atoms with Crippen molar-refractivity contribution in [2.45, 2.75) is 6.92 Å². The summed E-state index contributed by atoms with van der Waals surface area (Å²) in [4.78, 5) is 23.0. The first-order valence-electron chi connectivity index (χ1n) is 6.51. The van der Waals surface area contributed by atoms with E-state index in [-0.39, 0.29) is 11.3 Å². The van der Waals surface area contributed by atoms with Crippen LogP contribution in [0.2, 0.25) is 0 Å². The zero-order valence-electron chi connectivity index (χ0n) is 11.4. The molecule has 0 aliphatic carbocycles. The second-order valence-corrected chi connectivity index (χ2v) is 4.83. The Labute approximate surface area is 121 Å². The van der Waals surface area contributed by atoms with Gasteiger partial charge in [0.25, 0.3) is 0 Å². The third kappa shape index (κ3) is 2.21. The van der Waals surface area contributed by atoms with E-state index in [1.165, 1.54) is 19.2 Å². The van der Waals surface area contributed by atoms with Crippen molar-refractivity contribution in [3.63, 3.8) is 0 Å². The Morgan fingerprint density at radius 3 is 2.38 bits per heavy atom. The molecule has 0 aliphatic rings. The molecule has 104 valence electrons. The molecule has 0 fully saturated rings. The molecule has 0 radical (unpaired) electrons. The van der Waals surface area contributed by atoms with Crippen molar-refractivity contribution in [2.24, 2.45) is 0 Å². The number of aromatic carboxylic acids is 1. The summed E-state index contributed by atoms with van der Waals surface area (Å²) in [5.74, 6) is -1.38. The van der Waals surface area contributed by atoms with Gasteiger partial charge in [-0.15, -0.1) is 0 Å². The Bertz CT molecular complexity index is 847. The van der Waals surface area contributed by atoms with Gasteiger partial charge in [0.05, 0.1) is 11.7 Å². The highest BCUT2D eigenvalue weighted by molar-refractivity contribution is 6.01. The first-order chi connectivity index (χ1) is 10.1. The number of fused-ring (bicyclic) bond motifs is 1. The van der Waals surface area contributed by atoms with E-state index >= 15 is 0 Å². The molecule has 0 saturated heterocycles. The number of carbonyl (C=O) groups excluding carboxylic acids is 2. The van der Waals surface area contributed by atoms with Crippen molar-refractivity contribution in [1.82, 2.24) is 4.40 Å². The molecule has 2 heterocycles. The lowest BCUT2D eigenvalue weighted by Gasteiger charge is -2.06. The van der Waals surface area contributed by atoms with Gasteiger partial charge in [-0.2, -0.15) is 0 Å². The van der Waals surface area contributed by atoms with Crippen LogP contribution < -0.4 is 5.11 Å². The lowest BCUT2D eigenvalue weighted by atomic mass is 10.0. The third-order valence-corrected chi connectivity index (χ3v) is 3.42. The van der Waals surface area contributed by atoms with Gasteiger partial charge >= 0.3 is 0 Å². The molecule has 0 bridgehead atoms. The van der Waals surface area contributed by atoms with Gasteiger partial charge in [0, 0.05) is 29.8 Å². The molecule has 2 aromatic heterocycles. The van der Waals surface area contributed by atoms with E-state index in [2.05, 4.69) is 0 Å². The van der Waals surface area contributed by atoms with Gasteiger partial charge in [-0.1, -0.05) is 30.3 Å². The Hall–Kier alpha value is -2.88. The summed E-state index contributed by atoms with van der Waals surface area (Å²) in [7, 11) is 0. The van der Waals surface area contributed by atoms with Crippen LogP contribution in [0.5, 0.6) is 0 Å². The molecule has 0 unspecified atom stereocenters. The summed E-state index contributed by atoms with van der Waals surface area (Å²) in [6, 6.07) is 14.6. The van der Waals surface area contributed by atoms with E-state index in [4.69, 9.17) is 0 Å². The van der Waals surface area contributed by atoms with Gasteiger partial charge in [-0.3, -0.25) is 4.79 Å². The maximum Gasteiger partial charge on any atom is 0.177 e. The molecular weight excluding hydrogens is 266 g/mol. The molecule has 3 aromatic rings. The monoisotopic (exact) mass is 278 g/mol. The molecule has 0 amide bonds. The second-order valence-electron chi connectivity index (χ2n) is 4.83. The van der Waals surface area contributed by atoms with Crippen LogP contribution in [-0.2, 0) is 0 Å². The Morgan fingerprint density at radius 2 is 1.76 bits per heavy atom. The third-order valence-electron chi connectivity index (χ3n) is 3.42. The highest BCUT2D eigenvalue weighted by Crippen LogP contribution is 2.28. The number of hydrogen-bond donors (Lipinski definition) is 0. The van der Waals surface area contributed by atoms with E-state index in [1.54, 1.807) is 10.5 Å². The molecule has 1 aromatic carbocycles. The Kier molecular flexibility index (Phi) is 3.06. The van der Waals surface area contributed by atoms with E-state index in [0.29, 0.717) is 5.69 Å². The first-order valence-corrected chi connectivity index (χ1v) is 6.51. The lowest BCUT2D eigenvalue weighted by Crippen LogP contribution is -2.22. The average Bonchev–Trinajstić information content (AvgIpc) is 2.86. The molecular formula is C17H12NO3-. The highest BCUT2D eigenvalue weighted by atomic mass is 16.4. The van der Waals surface area contributed by atoms with Crippen LogP contribution in [0.3, 0.4) is 0 Å². The fourth-order valence-corrected chi connectivity index (χ4v) is 2.49. The molecule has 4 heteroatoms. The van der Waals surface area contributed by atoms with Gasteiger partial charge in [-0.05, 0) is 23.8 Å². The molecule has 0 spiro atoms. The quantitative estimate of drug-likeness (QED) is 0.690. The van der Waals surface area contributed by atoms with Crippen LogP contribution in [0.1, 0.15) is 27.8 Å². The maximum atomic E-state index is 12.0. The smallest absolute Gasteiger partial charge is 0.177 e. The fourth-order valence-electron chi connectivity index (χ4n) is 2.49. The normalized spacial score (nSPS) is 10.7. The van der Waals surface area contributed by atoms with Crippen LogP contribution >= 0.6 is 0 Å². The number of ketones is 1. The largest absolute Gasteiger partial charge is 0.545 e. The number of carboxylic acids is 1. The van der Waals surface area contributed by atoms with Crippen molar-refractivity contribution >= 4 is 17.3 Å². The number of pyridine rings is 1. The number of aromatic nitrogens is 1. The zero-order chi connectivity index (χ0) is 15.0. The van der Waals surface area contributed by atoms with Gasteiger partial charge in [-0.25, -0.2) is 0 Å². The molecule has 21 heavy (non-hydrogen) atoms. The minimum Gasteiger partial charge on any atom is -0.545 e. The highest BCUT2D eigenvalue weighted by Gasteiger charge is 2.15. The lowest BCUT2D eigenvalue weighted by molar-refractivity contribution is -0.255. The number of carboxylic acid groups (broad SMARTS) is 1. The number of hydrogen-bond acceptors (Lipinski definition) is 3. The number of nitrogens with zero attached hydrogens (tertiary/aromatic N) is 1. The van der Waals surface area contributed by atoms with Crippen LogP contribution in [0.15, 0.2) is 54.7 Å². The Balaban J connectivity index is 2.33. The van der Waals surface area contributed by atoms with E-state index in [0.717, 1.165) is 16.6 Å². The summed E-state index contributed by atoms with van der Waals surface area (Å²) in [6.07, 6.45) is 1.42. The van der Waals surface area contributed by atoms with Gasteiger partial charge in [0.2, 0.25) is 0 Å². The van der Waals surface area contributed by atoms with Crippen molar-refractivity contribution in [2.75, 3.05) is 0 Å². The van der Waals surface area contributed by atoms with E-state index < -0.39 is 5.97 Å². The minimum absolute atomic E-state index is 0.0419. The predicted molar refractivity (Wildman–Crippen MR) is 77.2 cm³/mol. The average molecular weight is 278 g/mol. The number of carbonyl (C=O) groups is 2. The molecule has 0 saturated carbocycles. The molecule has 4 nitrogen and oxygen atoms in total. The van der Waals surface area contributed by atoms with E-state index in [9.17, 15) is 14.7 Å². The van der Waals surface area contributed by atoms with Crippen molar-refractivity contribution in [3.8, 4) is 11.1 Å². The number of rotatable bonds is 3. The SMILES string of the molecule is CC(=O)c1c(-c2ccccc2)cc2ccc(C(=O)[O-])cn12. The van der Waals surface area contributed by atoms with Crippen molar-refractivity contribution in [1.29, 1.82) is 0 Å². The number of benzene rings is 1. The first kappa shape index (κ1) is 13.1. The van der Waals surface area contributed by atoms with Gasteiger partial charge < -0.3 is 14.3 Å². The van der Waals surface area contributed by atoms with Gasteiger partial charge in [0.1, 0.15) is 0 Å². The topological polar surface area (TPSA) is 61.6 Å². The zero-order valence-corrected chi connectivity index (χ0v) is 11.4. The molecule has 0 N–H and O–H groups in total. The summed E-state index contributed by atoms with van der Waals surface area (Å²) in [5.41, 5.74) is 2.99. The summed E-state index contributed by atoms with van der Waals surface area (Å²) in [6.45, 7) is 1.47. The minimum atomic E-state index is -1.26. The summed E-state index contributed by atoms with van der Waals surface area (Å²) >= 11 is 0. The standard InChI is InChI=1S/C17H13NO3/c1-11(19)16-15(12-5-3-2-4-6-12)9-14-8-7-13(17(20)21)10-18(14)16/h2-10H,1H3,(H,20,21)/p-1.